The Morgan fingerprint density at radius 3 is 2.28 bits per heavy atom. The molecule has 0 aromatic rings. The topological polar surface area (TPSA) is 29.3 Å². The molecule has 0 aromatic heterocycles. The standard InChI is InChI=1S/C12H21F3N2S/c1-2-17(9-6-4-3-5-7-9)8-10(11(16)18)12(13,14)15/h9-10H,2-8H2,1H3,(H2,16,18). The van der Waals surface area contributed by atoms with Crippen LogP contribution in [-0.2, 0) is 0 Å². The third-order valence-corrected chi connectivity index (χ3v) is 3.94. The molecular weight excluding hydrogens is 261 g/mol. The summed E-state index contributed by atoms with van der Waals surface area (Å²) in [6.07, 6.45) is 1.02. The van der Waals surface area contributed by atoms with Crippen LogP contribution in [0.4, 0.5) is 13.2 Å². The fourth-order valence-electron chi connectivity index (χ4n) is 2.57. The first-order chi connectivity index (χ1) is 8.36. The average molecular weight is 282 g/mol. The summed E-state index contributed by atoms with van der Waals surface area (Å²) >= 11 is 4.56. The molecule has 0 amide bonds. The van der Waals surface area contributed by atoms with E-state index in [1.807, 2.05) is 11.8 Å². The molecule has 1 saturated carbocycles. The first-order valence-electron chi connectivity index (χ1n) is 6.46. The van der Waals surface area contributed by atoms with Gasteiger partial charge in [0.1, 0.15) is 5.92 Å². The Bertz CT molecular complexity index is 275. The van der Waals surface area contributed by atoms with Crippen molar-refractivity contribution in [3.8, 4) is 0 Å². The number of rotatable bonds is 5. The van der Waals surface area contributed by atoms with Crippen LogP contribution in [0.3, 0.4) is 0 Å². The lowest BCUT2D eigenvalue weighted by Crippen LogP contribution is -2.47. The van der Waals surface area contributed by atoms with Gasteiger partial charge in [-0.25, -0.2) is 0 Å². The molecule has 1 aliphatic carbocycles. The highest BCUT2D eigenvalue weighted by molar-refractivity contribution is 7.80. The van der Waals surface area contributed by atoms with Crippen LogP contribution in [0.15, 0.2) is 0 Å². The first-order valence-corrected chi connectivity index (χ1v) is 6.87. The molecule has 0 aromatic carbocycles. The Morgan fingerprint density at radius 1 is 1.33 bits per heavy atom. The van der Waals surface area contributed by atoms with Crippen LogP contribution in [0.1, 0.15) is 39.0 Å². The quantitative estimate of drug-likeness (QED) is 0.786. The minimum absolute atomic E-state index is 0.0972. The third kappa shape index (κ3) is 4.39. The van der Waals surface area contributed by atoms with E-state index in [1.165, 1.54) is 6.42 Å². The highest BCUT2D eigenvalue weighted by Gasteiger charge is 2.43. The molecule has 1 fully saturated rings. The molecule has 18 heavy (non-hydrogen) atoms. The third-order valence-electron chi connectivity index (χ3n) is 3.65. The van der Waals surface area contributed by atoms with E-state index in [9.17, 15) is 13.2 Å². The van der Waals surface area contributed by atoms with Gasteiger partial charge in [0.15, 0.2) is 0 Å². The smallest absolute Gasteiger partial charge is 0.393 e. The number of hydrogen-bond donors (Lipinski definition) is 1. The van der Waals surface area contributed by atoms with Crippen LogP contribution in [0.2, 0.25) is 0 Å². The highest BCUT2D eigenvalue weighted by atomic mass is 32.1. The van der Waals surface area contributed by atoms with Crippen LogP contribution in [0, 0.1) is 5.92 Å². The molecule has 0 spiro atoms. The maximum atomic E-state index is 12.8. The van der Waals surface area contributed by atoms with E-state index in [1.54, 1.807) is 0 Å². The number of halogens is 3. The van der Waals surface area contributed by atoms with Crippen molar-refractivity contribution in [2.75, 3.05) is 13.1 Å². The maximum absolute atomic E-state index is 12.8. The van der Waals surface area contributed by atoms with Crippen LogP contribution in [0.25, 0.3) is 0 Å². The van der Waals surface area contributed by atoms with Gasteiger partial charge < -0.3 is 5.73 Å². The lowest BCUT2D eigenvalue weighted by Gasteiger charge is -2.36. The van der Waals surface area contributed by atoms with E-state index < -0.39 is 17.1 Å². The van der Waals surface area contributed by atoms with E-state index in [2.05, 4.69) is 12.2 Å². The lowest BCUT2D eigenvalue weighted by atomic mass is 9.93. The minimum atomic E-state index is -4.34. The van der Waals surface area contributed by atoms with Crippen LogP contribution < -0.4 is 5.73 Å². The summed E-state index contributed by atoms with van der Waals surface area (Å²) in [6.45, 7) is 2.40. The van der Waals surface area contributed by atoms with E-state index in [0.29, 0.717) is 6.54 Å². The molecule has 2 nitrogen and oxygen atoms in total. The zero-order valence-corrected chi connectivity index (χ0v) is 11.5. The zero-order chi connectivity index (χ0) is 13.8. The summed E-state index contributed by atoms with van der Waals surface area (Å²) in [4.78, 5) is 1.44. The number of hydrogen-bond acceptors (Lipinski definition) is 2. The maximum Gasteiger partial charge on any atom is 0.399 e. The van der Waals surface area contributed by atoms with Crippen molar-refractivity contribution in [2.24, 2.45) is 11.7 Å². The minimum Gasteiger partial charge on any atom is -0.393 e. The molecule has 106 valence electrons. The Kier molecular flexibility index (Phi) is 5.85. The molecule has 1 unspecified atom stereocenters. The average Bonchev–Trinajstić information content (AvgIpc) is 2.29. The fourth-order valence-corrected chi connectivity index (χ4v) is 2.78. The molecule has 0 heterocycles. The molecule has 0 saturated heterocycles. The molecule has 6 heteroatoms. The summed E-state index contributed by atoms with van der Waals surface area (Å²) in [7, 11) is 0. The molecular formula is C12H21F3N2S. The van der Waals surface area contributed by atoms with Crippen molar-refractivity contribution < 1.29 is 13.2 Å². The van der Waals surface area contributed by atoms with Crippen molar-refractivity contribution in [3.05, 3.63) is 0 Å². The molecule has 1 rings (SSSR count). The summed E-state index contributed by atoms with van der Waals surface area (Å²) in [5, 5.41) is 0. The van der Waals surface area contributed by atoms with E-state index in [4.69, 9.17) is 5.73 Å². The molecule has 2 N–H and O–H groups in total. The molecule has 1 aliphatic rings. The van der Waals surface area contributed by atoms with Gasteiger partial charge in [0.2, 0.25) is 0 Å². The highest BCUT2D eigenvalue weighted by Crippen LogP contribution is 2.30. The van der Waals surface area contributed by atoms with Crippen molar-refractivity contribution >= 4 is 17.2 Å². The predicted molar refractivity (Wildman–Crippen MR) is 70.5 cm³/mol. The predicted octanol–water partition coefficient (Wildman–Crippen LogP) is 3.11. The zero-order valence-electron chi connectivity index (χ0n) is 10.7. The number of thiocarbonyl (C=S) groups is 1. The van der Waals surface area contributed by atoms with Crippen LogP contribution in [-0.4, -0.2) is 35.2 Å². The number of alkyl halides is 3. The van der Waals surface area contributed by atoms with Gasteiger partial charge in [-0.2, -0.15) is 13.2 Å². The number of nitrogens with zero attached hydrogens (tertiary/aromatic N) is 1. The van der Waals surface area contributed by atoms with Gasteiger partial charge >= 0.3 is 6.18 Å². The normalized spacial score (nSPS) is 20.1. The van der Waals surface area contributed by atoms with Crippen molar-refractivity contribution in [1.29, 1.82) is 0 Å². The monoisotopic (exact) mass is 282 g/mol. The van der Waals surface area contributed by atoms with Gasteiger partial charge in [0.05, 0.1) is 4.99 Å². The summed E-state index contributed by atoms with van der Waals surface area (Å²) in [6, 6.07) is 0.253. The van der Waals surface area contributed by atoms with Gasteiger partial charge in [-0.1, -0.05) is 38.4 Å². The Hall–Kier alpha value is -0.360. The van der Waals surface area contributed by atoms with Gasteiger partial charge in [-0.05, 0) is 19.4 Å². The Labute approximate surface area is 112 Å². The van der Waals surface area contributed by atoms with Crippen LogP contribution in [0.5, 0.6) is 0 Å². The van der Waals surface area contributed by atoms with Gasteiger partial charge in [-0.3, -0.25) is 4.90 Å². The summed E-state index contributed by atoms with van der Waals surface area (Å²) in [5.41, 5.74) is 5.24. The first kappa shape index (κ1) is 15.7. The fraction of sp³-hybridized carbons (Fsp3) is 0.917. The van der Waals surface area contributed by atoms with E-state index in [0.717, 1.165) is 25.7 Å². The van der Waals surface area contributed by atoms with E-state index >= 15 is 0 Å². The molecule has 0 bridgehead atoms. The van der Waals surface area contributed by atoms with Crippen molar-refractivity contribution in [1.82, 2.24) is 4.90 Å². The second-order valence-corrected chi connectivity index (χ2v) is 5.35. The molecule has 1 atom stereocenters. The lowest BCUT2D eigenvalue weighted by molar-refractivity contribution is -0.160. The Morgan fingerprint density at radius 2 is 1.89 bits per heavy atom. The van der Waals surface area contributed by atoms with Crippen molar-refractivity contribution in [3.63, 3.8) is 0 Å². The Balaban J connectivity index is 2.67. The van der Waals surface area contributed by atoms with Crippen LogP contribution >= 0.6 is 12.2 Å². The second kappa shape index (κ2) is 6.70. The SMILES string of the molecule is CCN(CC(C(N)=S)C(F)(F)F)C1CCCCC1. The number of nitrogens with two attached hydrogens (primary N) is 1. The van der Waals surface area contributed by atoms with Gasteiger partial charge in [-0.15, -0.1) is 0 Å². The van der Waals surface area contributed by atoms with Crippen molar-refractivity contribution in [2.45, 2.75) is 51.2 Å². The van der Waals surface area contributed by atoms with E-state index in [-0.39, 0.29) is 12.6 Å². The van der Waals surface area contributed by atoms with Gasteiger partial charge in [0.25, 0.3) is 0 Å². The summed E-state index contributed by atoms with van der Waals surface area (Å²) in [5.74, 6) is -1.69. The second-order valence-electron chi connectivity index (χ2n) is 4.88. The van der Waals surface area contributed by atoms with Gasteiger partial charge in [0, 0.05) is 12.6 Å². The molecule has 0 radical (unpaired) electrons. The largest absolute Gasteiger partial charge is 0.399 e. The summed E-state index contributed by atoms with van der Waals surface area (Å²) < 4.78 is 38.5. The molecule has 0 aliphatic heterocycles.